The van der Waals surface area contributed by atoms with Crippen molar-refractivity contribution in [1.29, 1.82) is 0 Å². The molecule has 0 bridgehead atoms. The molecule has 4 heterocycles. The molecule has 2 aromatic rings. The number of hydrogen-bond acceptors (Lipinski definition) is 10. The fraction of sp³-hybridized carbons (Fsp3) is 0.467. The number of ether oxygens (including phenoxy) is 6. The minimum absolute atomic E-state index is 0.128. The zero-order valence-corrected chi connectivity index (χ0v) is 24.4. The summed E-state index contributed by atoms with van der Waals surface area (Å²) >= 11 is 0. The van der Waals surface area contributed by atoms with Gasteiger partial charge in [0.1, 0.15) is 5.60 Å². The lowest BCUT2D eigenvalue weighted by Crippen LogP contribution is -2.66. The molecule has 2 aromatic carbocycles. The Labute approximate surface area is 238 Å². The van der Waals surface area contributed by atoms with Gasteiger partial charge in [-0.25, -0.2) is 15.0 Å². The lowest BCUT2D eigenvalue weighted by molar-refractivity contribution is -0.137. The van der Waals surface area contributed by atoms with Gasteiger partial charge in [-0.1, -0.05) is 6.07 Å². The number of fused-ring (bicyclic) bond motifs is 4. The Morgan fingerprint density at radius 2 is 1.80 bits per heavy atom. The molecular formula is C30H35N3O8. The SMILES string of the molecule is COC(=O)C1=C(C)N(NC(=O)OC(C)(C)C)C23c4cc5c(cc4CCN2Cc2c(ccc(OC)c2OC)C13)OCO5. The third kappa shape index (κ3) is 3.89. The minimum Gasteiger partial charge on any atom is -0.493 e. The van der Waals surface area contributed by atoms with Crippen molar-refractivity contribution >= 4 is 12.1 Å². The van der Waals surface area contributed by atoms with Gasteiger partial charge in [-0.05, 0) is 63.4 Å². The first-order valence-electron chi connectivity index (χ1n) is 13.6. The maximum Gasteiger partial charge on any atom is 0.426 e. The summed E-state index contributed by atoms with van der Waals surface area (Å²) in [6.45, 7) is 8.45. The summed E-state index contributed by atoms with van der Waals surface area (Å²) < 4.78 is 34.1. The van der Waals surface area contributed by atoms with Gasteiger partial charge >= 0.3 is 12.1 Å². The van der Waals surface area contributed by atoms with Crippen LogP contribution in [0.15, 0.2) is 35.5 Å². The Morgan fingerprint density at radius 1 is 1.07 bits per heavy atom. The summed E-state index contributed by atoms with van der Waals surface area (Å²) in [5, 5.41) is 1.78. The van der Waals surface area contributed by atoms with E-state index in [2.05, 4.69) is 10.3 Å². The number of hydrazine groups is 1. The normalized spacial score (nSPS) is 22.3. The smallest absolute Gasteiger partial charge is 0.426 e. The molecule has 1 spiro atoms. The van der Waals surface area contributed by atoms with E-state index in [1.807, 2.05) is 31.2 Å². The molecule has 11 nitrogen and oxygen atoms in total. The second-order valence-electron chi connectivity index (χ2n) is 11.5. The summed E-state index contributed by atoms with van der Waals surface area (Å²) in [4.78, 5) is 29.3. The van der Waals surface area contributed by atoms with Crippen LogP contribution in [0.2, 0.25) is 0 Å². The fourth-order valence-corrected chi connectivity index (χ4v) is 6.78. The Kier molecular flexibility index (Phi) is 6.25. The molecule has 1 N–H and O–H groups in total. The zero-order chi connectivity index (χ0) is 29.3. The largest absolute Gasteiger partial charge is 0.493 e. The van der Waals surface area contributed by atoms with E-state index in [9.17, 15) is 9.59 Å². The predicted molar refractivity (Wildman–Crippen MR) is 147 cm³/mol. The number of methoxy groups -OCH3 is 3. The lowest BCUT2D eigenvalue weighted by Gasteiger charge is -2.57. The summed E-state index contributed by atoms with van der Waals surface area (Å²) in [5.74, 6) is 1.43. The highest BCUT2D eigenvalue weighted by molar-refractivity contribution is 5.93. The average molecular weight is 566 g/mol. The molecule has 0 saturated heterocycles. The van der Waals surface area contributed by atoms with E-state index >= 15 is 0 Å². The van der Waals surface area contributed by atoms with Crippen molar-refractivity contribution in [1.82, 2.24) is 15.3 Å². The van der Waals surface area contributed by atoms with Crippen molar-refractivity contribution in [2.45, 2.75) is 57.8 Å². The van der Waals surface area contributed by atoms with Crippen LogP contribution in [-0.4, -0.2) is 62.2 Å². The summed E-state index contributed by atoms with van der Waals surface area (Å²) in [7, 11) is 4.57. The molecule has 218 valence electrons. The van der Waals surface area contributed by atoms with Crippen LogP contribution in [0.3, 0.4) is 0 Å². The molecule has 4 aliphatic heterocycles. The van der Waals surface area contributed by atoms with Gasteiger partial charge in [-0.2, -0.15) is 0 Å². The van der Waals surface area contributed by atoms with E-state index in [-0.39, 0.29) is 6.79 Å². The number of hydrogen-bond donors (Lipinski definition) is 1. The van der Waals surface area contributed by atoms with Crippen LogP contribution >= 0.6 is 0 Å². The number of benzene rings is 2. The monoisotopic (exact) mass is 565 g/mol. The van der Waals surface area contributed by atoms with E-state index in [1.165, 1.54) is 7.11 Å². The first kappa shape index (κ1) is 27.1. The first-order valence-corrected chi connectivity index (χ1v) is 13.6. The molecule has 41 heavy (non-hydrogen) atoms. The van der Waals surface area contributed by atoms with Gasteiger partial charge in [-0.3, -0.25) is 9.91 Å². The molecule has 0 fully saturated rings. The van der Waals surface area contributed by atoms with Crippen molar-refractivity contribution in [2.75, 3.05) is 34.7 Å². The third-order valence-electron chi connectivity index (χ3n) is 8.24. The van der Waals surface area contributed by atoms with Gasteiger partial charge in [0.15, 0.2) is 28.7 Å². The van der Waals surface area contributed by atoms with Crippen LogP contribution < -0.4 is 24.4 Å². The third-order valence-corrected chi connectivity index (χ3v) is 8.24. The maximum atomic E-state index is 13.6. The summed E-state index contributed by atoms with van der Waals surface area (Å²) in [6.07, 6.45) is 0.0802. The molecule has 2 unspecified atom stereocenters. The first-order chi connectivity index (χ1) is 19.5. The van der Waals surface area contributed by atoms with E-state index in [1.54, 1.807) is 40.0 Å². The molecular weight excluding hydrogens is 530 g/mol. The summed E-state index contributed by atoms with van der Waals surface area (Å²) in [6, 6.07) is 7.79. The van der Waals surface area contributed by atoms with Crippen LogP contribution in [0.5, 0.6) is 23.0 Å². The number of allylic oxidation sites excluding steroid dienone is 1. The average Bonchev–Trinajstić information content (AvgIpc) is 3.49. The van der Waals surface area contributed by atoms with E-state index in [4.69, 9.17) is 28.4 Å². The van der Waals surface area contributed by atoms with Gasteiger partial charge < -0.3 is 28.4 Å². The van der Waals surface area contributed by atoms with E-state index in [0.717, 1.165) is 28.7 Å². The van der Waals surface area contributed by atoms with Crippen molar-refractivity contribution in [2.24, 2.45) is 0 Å². The quantitative estimate of drug-likeness (QED) is 0.548. The van der Waals surface area contributed by atoms with Crippen LogP contribution in [0.25, 0.3) is 0 Å². The van der Waals surface area contributed by atoms with Gasteiger partial charge in [-0.15, -0.1) is 0 Å². The number of rotatable bonds is 4. The molecule has 4 aliphatic rings. The van der Waals surface area contributed by atoms with Gasteiger partial charge in [0.25, 0.3) is 0 Å². The highest BCUT2D eigenvalue weighted by Gasteiger charge is 2.64. The van der Waals surface area contributed by atoms with Gasteiger partial charge in [0, 0.05) is 29.9 Å². The standard InChI is InChI=1S/C30H35N3O8/c1-16-24(27(34)38-7)25-18-8-9-21(36-5)26(37-6)19(18)14-32-11-10-17-12-22-23(40-15-39-22)13-20(17)30(25,32)33(16)31-28(35)41-29(2,3)4/h8-9,12-13,25H,10-11,14-15H2,1-7H3,(H,31,35). The number of carbonyl (C=O) groups is 2. The van der Waals surface area contributed by atoms with Crippen LogP contribution in [-0.2, 0) is 32.9 Å². The summed E-state index contributed by atoms with van der Waals surface area (Å²) in [5.41, 5.74) is 5.91. The van der Waals surface area contributed by atoms with E-state index < -0.39 is 29.2 Å². The Bertz CT molecular complexity index is 1480. The number of amides is 1. The van der Waals surface area contributed by atoms with E-state index in [0.29, 0.717) is 47.4 Å². The molecule has 2 atom stereocenters. The second kappa shape index (κ2) is 9.47. The van der Waals surface area contributed by atoms with Crippen LogP contribution in [0.1, 0.15) is 55.9 Å². The number of nitrogens with one attached hydrogen (secondary N) is 1. The Hall–Kier alpha value is -4.12. The van der Waals surface area contributed by atoms with Crippen molar-refractivity contribution < 1.29 is 38.0 Å². The lowest BCUT2D eigenvalue weighted by atomic mass is 9.69. The van der Waals surface area contributed by atoms with Gasteiger partial charge in [0.05, 0.1) is 32.8 Å². The number of esters is 1. The highest BCUT2D eigenvalue weighted by atomic mass is 16.7. The molecule has 0 aromatic heterocycles. The number of carbonyl (C=O) groups excluding carboxylic acids is 2. The van der Waals surface area contributed by atoms with Crippen molar-refractivity contribution in [3.05, 3.63) is 57.8 Å². The molecule has 11 heteroatoms. The Morgan fingerprint density at radius 3 is 2.46 bits per heavy atom. The topological polar surface area (TPSA) is 108 Å². The molecule has 1 amide bonds. The maximum absolute atomic E-state index is 13.6. The fourth-order valence-electron chi connectivity index (χ4n) is 6.78. The molecule has 0 saturated carbocycles. The van der Waals surface area contributed by atoms with Crippen molar-refractivity contribution in [3.8, 4) is 23.0 Å². The molecule has 0 aliphatic carbocycles. The predicted octanol–water partition coefficient (Wildman–Crippen LogP) is 3.94. The minimum atomic E-state index is -1.05. The van der Waals surface area contributed by atoms with Crippen LogP contribution in [0.4, 0.5) is 4.79 Å². The second-order valence-corrected chi connectivity index (χ2v) is 11.5. The zero-order valence-electron chi connectivity index (χ0n) is 24.4. The van der Waals surface area contributed by atoms with Crippen LogP contribution in [0, 0.1) is 0 Å². The van der Waals surface area contributed by atoms with Crippen molar-refractivity contribution in [3.63, 3.8) is 0 Å². The molecule has 0 radical (unpaired) electrons. The Balaban J connectivity index is 1.65. The highest BCUT2D eigenvalue weighted by Crippen LogP contribution is 2.62. The molecule has 6 rings (SSSR count). The van der Waals surface area contributed by atoms with Gasteiger partial charge in [0.2, 0.25) is 6.79 Å². The number of nitrogens with zero attached hydrogens (tertiary/aromatic N) is 2.